The topological polar surface area (TPSA) is 109 Å². The van der Waals surface area contributed by atoms with Gasteiger partial charge >= 0.3 is 49.4 Å². The molecule has 2 aliphatic heterocycles. The minimum atomic E-state index is -5.65. The summed E-state index contributed by atoms with van der Waals surface area (Å²) in [7, 11) is 0. The average Bonchev–Trinajstić information content (AvgIpc) is 1.51. The second-order valence-electron chi connectivity index (χ2n) is 20.2. The van der Waals surface area contributed by atoms with E-state index in [-0.39, 0.29) is 92.3 Å². The fraction of sp³-hybridized carbons (Fsp3) is 0.143. The Balaban J connectivity index is 1.22. The quantitative estimate of drug-likeness (QED) is 0.146. The SMILES string of the molecule is FC(F)(F)c1cc2cc3c(cc2cc1C(F)(F)F)-c1nc-3nc2[nH]c(nc3nc(nc4[nH]c(n1)c1cc5cc(C(F)(F)F)c(C(F)(F)F)cc5cc41)-c1cc4cc(C(F)(F)F)c(C(F)(F)F)cc4cc1-3)c1cc3cc(C(F)(F)F)c(C(F)(F)F)cc3cc21. The molecule has 13 rings (SSSR count). The summed E-state index contributed by atoms with van der Waals surface area (Å²) in [6.07, 6.45) is -45.2. The molecule has 2 N–H and O–H groups in total. The van der Waals surface area contributed by atoms with Crippen LogP contribution in [0.25, 0.3) is 133 Å². The van der Waals surface area contributed by atoms with Crippen LogP contribution in [0.4, 0.5) is 105 Å². The van der Waals surface area contributed by atoms with E-state index in [1.54, 1.807) is 0 Å². The van der Waals surface area contributed by atoms with E-state index in [1.807, 2.05) is 0 Å². The maximum Gasteiger partial charge on any atom is 0.417 e. The lowest BCUT2D eigenvalue weighted by atomic mass is 9.96. The molecule has 5 heterocycles. The molecule has 0 atom stereocenters. The molecule has 0 fully saturated rings. The number of nitrogens with one attached hydrogen (secondary N) is 2. The van der Waals surface area contributed by atoms with E-state index in [0.29, 0.717) is 0 Å². The minimum absolute atomic E-state index is 0.131. The third kappa shape index (κ3) is 9.47. The molecule has 0 amide bonds. The van der Waals surface area contributed by atoms with Crippen LogP contribution in [0.5, 0.6) is 0 Å². The van der Waals surface area contributed by atoms with Gasteiger partial charge in [-0.25, -0.2) is 29.9 Å². The fourth-order valence-corrected chi connectivity index (χ4v) is 10.9. The Kier molecular flexibility index (Phi) is 11.8. The van der Waals surface area contributed by atoms with Crippen LogP contribution in [-0.2, 0) is 49.4 Å². The second kappa shape index (κ2) is 18.0. The van der Waals surface area contributed by atoms with Crippen molar-refractivity contribution in [3.05, 3.63) is 142 Å². The van der Waals surface area contributed by atoms with E-state index in [2.05, 4.69) is 39.9 Å². The van der Waals surface area contributed by atoms with E-state index in [1.165, 1.54) is 0 Å². The van der Waals surface area contributed by atoms with Gasteiger partial charge in [0.15, 0.2) is 23.3 Å². The molecule has 32 heteroatoms. The number of nitrogens with zero attached hydrogens (tertiary/aromatic N) is 6. The maximum absolute atomic E-state index is 14.4. The Morgan fingerprint density at radius 3 is 0.489 bits per heavy atom. The first kappa shape index (κ1) is 57.5. The lowest BCUT2D eigenvalue weighted by molar-refractivity contribution is -0.161. The van der Waals surface area contributed by atoms with E-state index >= 15 is 0 Å². The molecule has 2 aliphatic rings. The van der Waals surface area contributed by atoms with Gasteiger partial charge in [0.2, 0.25) is 0 Å². The van der Waals surface area contributed by atoms with E-state index in [0.717, 1.165) is 48.5 Å². The molecule has 8 nitrogen and oxygen atoms in total. The van der Waals surface area contributed by atoms with Gasteiger partial charge in [-0.1, -0.05) is 0 Å². The summed E-state index contributed by atoms with van der Waals surface area (Å²) >= 11 is 0. The number of halogens is 24. The van der Waals surface area contributed by atoms with Crippen molar-refractivity contribution in [1.82, 2.24) is 39.9 Å². The zero-order chi connectivity index (χ0) is 63.4. The van der Waals surface area contributed by atoms with Crippen molar-refractivity contribution >= 4 is 87.2 Å². The Morgan fingerprint density at radius 1 is 0.193 bits per heavy atom. The Labute approximate surface area is 468 Å². The zero-order valence-corrected chi connectivity index (χ0v) is 42.0. The standard InChI is InChI=1S/C56H18F24N8/c57-49(58,59)33-9-17-1-25-26(2-18(17)10-34(33)50(60,61)62)42-81-41(25)85-43-27-3-19-11-35(51(63,64)65)36(52(66,67)68)12-20(19)4-28(27)45(82-43)87-47-31-7-23-15-39(55(75,76)77)40(56(78,79)80)16-24(23)8-32(31)48(84-47)88-46-30-6-22-14-38(54(72,73)74)37(53(69,70)71)13-21(22)5-29(30)44(83-46)86-42/h1-16H,(H2,81,82,83,84,85,86,87,88). The summed E-state index contributed by atoms with van der Waals surface area (Å²) in [6.45, 7) is 0. The third-order valence-electron chi connectivity index (χ3n) is 14.6. The second-order valence-corrected chi connectivity index (χ2v) is 20.2. The monoisotopic (exact) mass is 1260 g/mol. The van der Waals surface area contributed by atoms with Crippen LogP contribution in [0.3, 0.4) is 0 Å². The molecule has 0 radical (unpaired) electrons. The van der Waals surface area contributed by atoms with Crippen LogP contribution in [-0.4, -0.2) is 39.9 Å². The first-order chi connectivity index (χ1) is 40.6. The van der Waals surface area contributed by atoms with Gasteiger partial charge in [0.1, 0.15) is 22.6 Å². The van der Waals surface area contributed by atoms with Gasteiger partial charge in [-0.05, 0) is 140 Å². The first-order valence-electron chi connectivity index (χ1n) is 24.5. The van der Waals surface area contributed by atoms with Crippen LogP contribution in [0.1, 0.15) is 44.5 Å². The molecule has 0 saturated carbocycles. The Hall–Kier alpha value is -9.52. The predicted octanol–water partition coefficient (Wildman–Crippen LogP) is 19.6. The molecule has 3 aromatic heterocycles. The van der Waals surface area contributed by atoms with Gasteiger partial charge in [0, 0.05) is 43.8 Å². The van der Waals surface area contributed by atoms with Crippen molar-refractivity contribution in [2.75, 3.05) is 0 Å². The van der Waals surface area contributed by atoms with Crippen molar-refractivity contribution in [1.29, 1.82) is 0 Å². The van der Waals surface area contributed by atoms with Gasteiger partial charge < -0.3 is 9.97 Å². The summed E-state index contributed by atoms with van der Waals surface area (Å²) in [6, 6.07) is 8.03. The van der Waals surface area contributed by atoms with Crippen molar-refractivity contribution < 1.29 is 105 Å². The van der Waals surface area contributed by atoms with Gasteiger partial charge in [-0.3, -0.25) is 0 Å². The number of alkyl halides is 24. The number of aromatic nitrogens is 8. The number of hydrogen-bond donors (Lipinski definition) is 2. The minimum Gasteiger partial charge on any atom is -0.324 e. The first-order valence-corrected chi connectivity index (χ1v) is 24.5. The summed E-state index contributed by atoms with van der Waals surface area (Å²) in [5.41, 5.74) is -21.2. The van der Waals surface area contributed by atoms with Crippen LogP contribution in [0.15, 0.2) is 97.1 Å². The van der Waals surface area contributed by atoms with E-state index < -0.39 is 183 Å². The normalized spacial score (nSPS) is 13.9. The van der Waals surface area contributed by atoms with Crippen molar-refractivity contribution in [3.8, 4) is 45.6 Å². The summed E-state index contributed by atoms with van der Waals surface area (Å²) in [5, 5.41) is -5.96. The largest absolute Gasteiger partial charge is 0.417 e. The van der Waals surface area contributed by atoms with Gasteiger partial charge in [-0.15, -0.1) is 0 Å². The number of benzene rings is 8. The average molecular weight is 1260 g/mol. The van der Waals surface area contributed by atoms with E-state index in [9.17, 15) is 105 Å². The Morgan fingerprint density at radius 2 is 0.341 bits per heavy atom. The molecular weight excluding hydrogens is 1240 g/mol. The molecule has 0 aliphatic carbocycles. The summed E-state index contributed by atoms with van der Waals surface area (Å²) in [5.74, 6) is -2.61. The number of hydrogen-bond acceptors (Lipinski definition) is 6. The maximum atomic E-state index is 14.4. The van der Waals surface area contributed by atoms with Crippen LogP contribution >= 0.6 is 0 Å². The summed E-state index contributed by atoms with van der Waals surface area (Å²) < 4.78 is 345. The van der Waals surface area contributed by atoms with E-state index in [4.69, 9.17) is 0 Å². The lowest BCUT2D eigenvalue weighted by Gasteiger charge is -2.17. The third-order valence-corrected chi connectivity index (χ3v) is 14.6. The molecule has 8 aromatic carbocycles. The molecule has 0 unspecified atom stereocenters. The number of aromatic amines is 2. The molecular formula is C56H18F24N8. The number of H-pyrrole nitrogens is 2. The number of fused-ring (bicyclic) bond motifs is 24. The highest BCUT2D eigenvalue weighted by Gasteiger charge is 2.47. The zero-order valence-electron chi connectivity index (χ0n) is 42.0. The predicted molar refractivity (Wildman–Crippen MR) is 266 cm³/mol. The van der Waals surface area contributed by atoms with Crippen LogP contribution in [0.2, 0.25) is 0 Å². The van der Waals surface area contributed by atoms with Crippen LogP contribution < -0.4 is 0 Å². The molecule has 450 valence electrons. The lowest BCUT2D eigenvalue weighted by Crippen LogP contribution is -2.16. The summed E-state index contributed by atoms with van der Waals surface area (Å²) in [4.78, 5) is 32.1. The highest BCUT2D eigenvalue weighted by Crippen LogP contribution is 2.50. The molecule has 0 spiro atoms. The highest BCUT2D eigenvalue weighted by molar-refractivity contribution is 6.13. The van der Waals surface area contributed by atoms with Crippen molar-refractivity contribution in [3.63, 3.8) is 0 Å². The number of rotatable bonds is 0. The van der Waals surface area contributed by atoms with Gasteiger partial charge in [-0.2, -0.15) is 105 Å². The molecule has 0 saturated heterocycles. The molecule has 88 heavy (non-hydrogen) atoms. The van der Waals surface area contributed by atoms with Gasteiger partial charge in [0.25, 0.3) is 0 Å². The Bertz CT molecular complexity index is 4470. The fourth-order valence-electron chi connectivity index (χ4n) is 10.9. The van der Waals surface area contributed by atoms with Crippen molar-refractivity contribution in [2.45, 2.75) is 49.4 Å². The van der Waals surface area contributed by atoms with Crippen molar-refractivity contribution in [2.24, 2.45) is 0 Å². The van der Waals surface area contributed by atoms with Crippen LogP contribution in [0, 0.1) is 0 Å². The van der Waals surface area contributed by atoms with Gasteiger partial charge in [0.05, 0.1) is 44.5 Å². The smallest absolute Gasteiger partial charge is 0.324 e. The molecule has 8 bridgehead atoms. The molecule has 11 aromatic rings. The highest BCUT2D eigenvalue weighted by atomic mass is 19.4.